The molecule has 24 heavy (non-hydrogen) atoms. The van der Waals surface area contributed by atoms with Crippen LogP contribution in [0, 0.1) is 34.5 Å². The molecule has 0 aromatic heterocycles. The highest BCUT2D eigenvalue weighted by Crippen LogP contribution is 2.68. The minimum absolute atomic E-state index is 0.0332. The van der Waals surface area contributed by atoms with E-state index in [0.717, 1.165) is 44.9 Å². The average Bonchev–Trinajstić information content (AvgIpc) is 2.81. The maximum absolute atomic E-state index is 12.2. The minimum atomic E-state index is -1.11. The van der Waals surface area contributed by atoms with Crippen LogP contribution in [0.25, 0.3) is 0 Å². The Balaban J connectivity index is 1.66. The lowest BCUT2D eigenvalue weighted by Gasteiger charge is -2.60. The molecule has 3 nitrogen and oxygen atoms in total. The van der Waals surface area contributed by atoms with Crippen molar-refractivity contribution in [3.8, 4) is 0 Å². The Kier molecular flexibility index (Phi) is 3.60. The molecular formula is C21H32O3. The van der Waals surface area contributed by atoms with Gasteiger partial charge >= 0.3 is 0 Å². The van der Waals surface area contributed by atoms with E-state index in [2.05, 4.69) is 13.8 Å². The van der Waals surface area contributed by atoms with Crippen LogP contribution < -0.4 is 0 Å². The molecule has 0 bridgehead atoms. The molecule has 0 aromatic carbocycles. The summed E-state index contributed by atoms with van der Waals surface area (Å²) in [6.07, 6.45) is 8.67. The van der Waals surface area contributed by atoms with Crippen LogP contribution >= 0.6 is 0 Å². The third-order valence-electron chi connectivity index (χ3n) is 9.22. The Labute approximate surface area is 145 Å². The monoisotopic (exact) mass is 332 g/mol. The van der Waals surface area contributed by atoms with Crippen molar-refractivity contribution in [1.82, 2.24) is 0 Å². The predicted octanol–water partition coefficient (Wildman–Crippen LogP) is 3.92. The molecule has 0 spiro atoms. The highest BCUT2D eigenvalue weighted by atomic mass is 16.3. The molecule has 4 aliphatic rings. The van der Waals surface area contributed by atoms with Gasteiger partial charge in [0, 0.05) is 18.3 Å². The zero-order valence-corrected chi connectivity index (χ0v) is 15.4. The van der Waals surface area contributed by atoms with Gasteiger partial charge in [-0.15, -0.1) is 0 Å². The summed E-state index contributed by atoms with van der Waals surface area (Å²) in [6.45, 7) is 6.20. The number of carbonyl (C=O) groups is 2. The van der Waals surface area contributed by atoms with Crippen LogP contribution in [0.1, 0.15) is 78.6 Å². The highest BCUT2D eigenvalue weighted by molar-refractivity contribution is 5.86. The zero-order valence-electron chi connectivity index (χ0n) is 15.4. The van der Waals surface area contributed by atoms with Crippen molar-refractivity contribution >= 4 is 11.6 Å². The smallest absolute Gasteiger partial charge is 0.161 e. The van der Waals surface area contributed by atoms with Crippen LogP contribution in [0.3, 0.4) is 0 Å². The number of fused-ring (bicyclic) bond motifs is 5. The third kappa shape index (κ3) is 1.94. The van der Waals surface area contributed by atoms with Gasteiger partial charge in [-0.3, -0.25) is 9.59 Å². The molecular weight excluding hydrogens is 300 g/mol. The molecule has 0 saturated heterocycles. The van der Waals surface area contributed by atoms with Crippen LogP contribution in [-0.2, 0) is 9.59 Å². The summed E-state index contributed by atoms with van der Waals surface area (Å²) in [7, 11) is 0. The van der Waals surface area contributed by atoms with E-state index in [1.54, 1.807) is 6.92 Å². The van der Waals surface area contributed by atoms with Crippen LogP contribution in [0.4, 0.5) is 0 Å². The first-order valence-electron chi connectivity index (χ1n) is 9.97. The summed E-state index contributed by atoms with van der Waals surface area (Å²) in [5.41, 5.74) is -1.05. The molecule has 1 N–H and O–H groups in total. The van der Waals surface area contributed by atoms with Crippen molar-refractivity contribution in [2.75, 3.05) is 0 Å². The van der Waals surface area contributed by atoms with Gasteiger partial charge in [0.2, 0.25) is 0 Å². The maximum atomic E-state index is 12.2. The first-order chi connectivity index (χ1) is 11.2. The number of hydrogen-bond acceptors (Lipinski definition) is 3. The van der Waals surface area contributed by atoms with Crippen LogP contribution in [0.2, 0.25) is 0 Å². The molecule has 4 rings (SSSR count). The molecule has 7 atom stereocenters. The molecule has 0 amide bonds. The van der Waals surface area contributed by atoms with E-state index in [1.165, 1.54) is 6.42 Å². The topological polar surface area (TPSA) is 54.4 Å². The molecule has 4 aliphatic carbocycles. The predicted molar refractivity (Wildman–Crippen MR) is 92.4 cm³/mol. The van der Waals surface area contributed by atoms with E-state index in [9.17, 15) is 14.7 Å². The minimum Gasteiger partial charge on any atom is -0.382 e. The second-order valence-corrected chi connectivity index (χ2v) is 9.81. The van der Waals surface area contributed by atoms with Gasteiger partial charge in [-0.05, 0) is 81.0 Å². The van der Waals surface area contributed by atoms with Crippen molar-refractivity contribution in [3.05, 3.63) is 0 Å². The third-order valence-corrected chi connectivity index (χ3v) is 9.22. The van der Waals surface area contributed by atoms with E-state index < -0.39 is 5.60 Å². The van der Waals surface area contributed by atoms with Gasteiger partial charge in [-0.25, -0.2) is 0 Å². The van der Waals surface area contributed by atoms with E-state index in [-0.39, 0.29) is 11.2 Å². The fourth-order valence-corrected chi connectivity index (χ4v) is 7.64. The number of rotatable bonds is 1. The summed E-state index contributed by atoms with van der Waals surface area (Å²) in [6, 6.07) is 0. The molecule has 4 fully saturated rings. The van der Waals surface area contributed by atoms with Gasteiger partial charge in [-0.1, -0.05) is 13.8 Å². The Bertz CT molecular complexity index is 584. The first kappa shape index (κ1) is 16.8. The average molecular weight is 332 g/mol. The lowest BCUT2D eigenvalue weighted by atomic mass is 9.44. The number of ketones is 2. The standard InChI is InChI=1S/C21H32O3/c1-13(22)21(24)11-8-18-16-5-4-14-12-15(23)6-9-19(14,2)17(16)7-10-20(18,21)3/h14,16-18,24H,4-12H2,1-3H3/t14?,16-,17+,18+,19+,20+,21+/m1/s1. The van der Waals surface area contributed by atoms with E-state index in [1.807, 2.05) is 0 Å². The SMILES string of the molecule is CC(=O)[C@@]1(O)CC[C@H]2[C@@H]3CCC4CC(=O)CC[C@]4(C)[C@H]3CC[C@@]21C. The molecule has 0 aliphatic heterocycles. The number of hydrogen-bond donors (Lipinski definition) is 1. The van der Waals surface area contributed by atoms with Crippen LogP contribution in [0.5, 0.6) is 0 Å². The molecule has 4 saturated carbocycles. The zero-order chi connectivity index (χ0) is 17.3. The summed E-state index contributed by atoms with van der Waals surface area (Å²) in [4.78, 5) is 24.2. The molecule has 0 radical (unpaired) electrons. The lowest BCUT2D eigenvalue weighted by Crippen LogP contribution is -2.58. The van der Waals surface area contributed by atoms with Gasteiger partial charge in [0.05, 0.1) is 0 Å². The number of aliphatic hydroxyl groups is 1. The molecule has 3 heteroatoms. The molecule has 1 unspecified atom stereocenters. The van der Waals surface area contributed by atoms with E-state index in [0.29, 0.717) is 41.3 Å². The fourth-order valence-electron chi connectivity index (χ4n) is 7.64. The Hall–Kier alpha value is -0.700. The lowest BCUT2D eigenvalue weighted by molar-refractivity contribution is -0.169. The molecule has 0 heterocycles. The summed E-state index contributed by atoms with van der Waals surface area (Å²) in [5.74, 6) is 2.78. The normalized spacial score (nSPS) is 53.9. The molecule has 0 aromatic rings. The first-order valence-corrected chi connectivity index (χ1v) is 9.97. The Morgan fingerprint density at radius 3 is 2.46 bits per heavy atom. The number of Topliss-reactive ketones (excluding diaryl/α,β-unsaturated/α-hetero) is 2. The highest BCUT2D eigenvalue weighted by Gasteiger charge is 2.65. The second kappa shape index (κ2) is 5.16. The van der Waals surface area contributed by atoms with Crippen molar-refractivity contribution in [2.45, 2.75) is 84.2 Å². The van der Waals surface area contributed by atoms with Crippen molar-refractivity contribution in [3.63, 3.8) is 0 Å². The Morgan fingerprint density at radius 1 is 1.04 bits per heavy atom. The van der Waals surface area contributed by atoms with Crippen molar-refractivity contribution in [1.29, 1.82) is 0 Å². The van der Waals surface area contributed by atoms with E-state index >= 15 is 0 Å². The van der Waals surface area contributed by atoms with Crippen molar-refractivity contribution in [2.24, 2.45) is 34.5 Å². The number of carbonyl (C=O) groups excluding carboxylic acids is 2. The van der Waals surface area contributed by atoms with Gasteiger partial charge in [0.1, 0.15) is 11.4 Å². The van der Waals surface area contributed by atoms with Crippen molar-refractivity contribution < 1.29 is 14.7 Å². The van der Waals surface area contributed by atoms with Crippen LogP contribution in [-0.4, -0.2) is 22.3 Å². The summed E-state index contributed by atoms with van der Waals surface area (Å²) < 4.78 is 0. The largest absolute Gasteiger partial charge is 0.382 e. The van der Waals surface area contributed by atoms with Gasteiger partial charge in [0.25, 0.3) is 0 Å². The maximum Gasteiger partial charge on any atom is 0.161 e. The quantitative estimate of drug-likeness (QED) is 0.792. The second-order valence-electron chi connectivity index (χ2n) is 9.81. The van der Waals surface area contributed by atoms with Gasteiger partial charge < -0.3 is 5.11 Å². The van der Waals surface area contributed by atoms with E-state index in [4.69, 9.17) is 0 Å². The van der Waals surface area contributed by atoms with Crippen LogP contribution in [0.15, 0.2) is 0 Å². The Morgan fingerprint density at radius 2 is 1.75 bits per heavy atom. The summed E-state index contributed by atoms with van der Waals surface area (Å²) >= 11 is 0. The molecule has 134 valence electrons. The van der Waals surface area contributed by atoms with Gasteiger partial charge in [0.15, 0.2) is 5.78 Å². The fraction of sp³-hybridized carbons (Fsp3) is 0.905. The van der Waals surface area contributed by atoms with Gasteiger partial charge in [-0.2, -0.15) is 0 Å². The summed E-state index contributed by atoms with van der Waals surface area (Å²) in [5, 5.41) is 11.2.